The number of rotatable bonds is 2. The maximum absolute atomic E-state index is 11.5. The monoisotopic (exact) mass is 280 g/mol. The molecule has 102 valence electrons. The quantitative estimate of drug-likeness (QED) is 0.835. The van der Waals surface area contributed by atoms with Crippen molar-refractivity contribution in [1.29, 1.82) is 0 Å². The average Bonchev–Trinajstić information content (AvgIpc) is 2.87. The van der Waals surface area contributed by atoms with E-state index in [9.17, 15) is 4.79 Å². The lowest BCUT2D eigenvalue weighted by atomic mass is 9.95. The van der Waals surface area contributed by atoms with Gasteiger partial charge in [-0.25, -0.2) is 0 Å². The number of benzene rings is 1. The second kappa shape index (κ2) is 4.41. The summed E-state index contributed by atoms with van der Waals surface area (Å²) in [5.74, 6) is 1.72. The highest BCUT2D eigenvalue weighted by atomic mass is 35.5. The molecular formula is C15H17ClO3. The molecule has 0 bridgehead atoms. The molecule has 0 aromatic heterocycles. The summed E-state index contributed by atoms with van der Waals surface area (Å²) < 4.78 is 11.7. The number of hydrogen-bond donors (Lipinski definition) is 0. The second-order valence-corrected chi connectivity index (χ2v) is 5.93. The first-order valence-electron chi connectivity index (χ1n) is 6.66. The molecule has 1 aromatic carbocycles. The molecule has 0 spiro atoms. The smallest absolute Gasteiger partial charge is 0.142 e. The van der Waals surface area contributed by atoms with Gasteiger partial charge in [0.2, 0.25) is 0 Å². The number of ketones is 1. The highest BCUT2D eigenvalue weighted by molar-refractivity contribution is 6.33. The van der Waals surface area contributed by atoms with Gasteiger partial charge in [-0.05, 0) is 20.8 Å². The Hall–Kier alpha value is -1.22. The lowest BCUT2D eigenvalue weighted by Gasteiger charge is -2.14. The van der Waals surface area contributed by atoms with E-state index in [1.165, 1.54) is 0 Å². The Labute approximate surface area is 117 Å². The summed E-state index contributed by atoms with van der Waals surface area (Å²) in [6.07, 6.45) is 2.19. The van der Waals surface area contributed by atoms with Crippen LogP contribution >= 0.6 is 11.6 Å². The summed E-state index contributed by atoms with van der Waals surface area (Å²) >= 11 is 6.45. The fraction of sp³-hybridized carbons (Fsp3) is 0.533. The summed E-state index contributed by atoms with van der Waals surface area (Å²) in [5.41, 5.74) is 3.04. The first kappa shape index (κ1) is 12.8. The number of ether oxygens (including phenoxy) is 2. The van der Waals surface area contributed by atoms with E-state index in [4.69, 9.17) is 21.1 Å². The summed E-state index contributed by atoms with van der Waals surface area (Å²) in [5, 5.41) is 0.672. The van der Waals surface area contributed by atoms with Crippen LogP contribution in [0.25, 0.3) is 0 Å². The lowest BCUT2D eigenvalue weighted by molar-refractivity contribution is -0.116. The number of fused-ring (bicyclic) bond motifs is 2. The molecule has 2 atom stereocenters. The van der Waals surface area contributed by atoms with Crippen LogP contribution < -0.4 is 9.47 Å². The number of hydrogen-bond acceptors (Lipinski definition) is 3. The third-order valence-corrected chi connectivity index (χ3v) is 4.10. The molecule has 0 aliphatic carbocycles. The molecule has 4 heteroatoms. The van der Waals surface area contributed by atoms with Gasteiger partial charge in [-0.3, -0.25) is 4.79 Å². The Bertz CT molecular complexity index is 526. The van der Waals surface area contributed by atoms with Crippen molar-refractivity contribution in [2.24, 2.45) is 0 Å². The van der Waals surface area contributed by atoms with Crippen molar-refractivity contribution in [2.75, 3.05) is 0 Å². The maximum Gasteiger partial charge on any atom is 0.142 e. The molecule has 1 aromatic rings. The van der Waals surface area contributed by atoms with Crippen LogP contribution in [-0.4, -0.2) is 18.0 Å². The van der Waals surface area contributed by atoms with Gasteiger partial charge in [-0.15, -0.1) is 0 Å². The Morgan fingerprint density at radius 1 is 1.16 bits per heavy atom. The predicted molar refractivity (Wildman–Crippen MR) is 73.4 cm³/mol. The molecule has 0 N–H and O–H groups in total. The van der Waals surface area contributed by atoms with E-state index >= 15 is 0 Å². The molecule has 0 saturated heterocycles. The third-order valence-electron chi connectivity index (χ3n) is 3.70. The van der Waals surface area contributed by atoms with E-state index in [0.717, 1.165) is 41.0 Å². The van der Waals surface area contributed by atoms with Crippen LogP contribution in [0.2, 0.25) is 5.02 Å². The highest BCUT2D eigenvalue weighted by Crippen LogP contribution is 2.49. The summed E-state index contributed by atoms with van der Waals surface area (Å²) in [4.78, 5) is 11.5. The summed E-state index contributed by atoms with van der Waals surface area (Å²) in [6, 6.07) is 0. The van der Waals surface area contributed by atoms with Gasteiger partial charge in [0.15, 0.2) is 0 Å². The topological polar surface area (TPSA) is 35.5 Å². The van der Waals surface area contributed by atoms with Crippen LogP contribution in [0.1, 0.15) is 37.5 Å². The maximum atomic E-state index is 11.5. The predicted octanol–water partition coefficient (Wildman–Crippen LogP) is 3.12. The van der Waals surface area contributed by atoms with Gasteiger partial charge in [-0.1, -0.05) is 11.6 Å². The van der Waals surface area contributed by atoms with Crippen LogP contribution in [0.15, 0.2) is 0 Å². The zero-order chi connectivity index (χ0) is 13.7. The second-order valence-electron chi connectivity index (χ2n) is 5.55. The van der Waals surface area contributed by atoms with Crippen molar-refractivity contribution in [2.45, 2.75) is 52.2 Å². The highest BCUT2D eigenvalue weighted by Gasteiger charge is 2.35. The minimum Gasteiger partial charge on any atom is -0.490 e. The molecule has 3 rings (SSSR count). The molecular weight excluding hydrogens is 264 g/mol. The molecule has 2 aliphatic heterocycles. The van der Waals surface area contributed by atoms with E-state index < -0.39 is 0 Å². The number of halogens is 1. The Morgan fingerprint density at radius 3 is 2.37 bits per heavy atom. The van der Waals surface area contributed by atoms with Gasteiger partial charge < -0.3 is 9.47 Å². The molecule has 0 amide bonds. The van der Waals surface area contributed by atoms with Crippen molar-refractivity contribution >= 4 is 17.4 Å². The van der Waals surface area contributed by atoms with Gasteiger partial charge >= 0.3 is 0 Å². The Morgan fingerprint density at radius 2 is 1.74 bits per heavy atom. The summed E-state index contributed by atoms with van der Waals surface area (Å²) in [6.45, 7) is 5.63. The Balaban J connectivity index is 2.20. The zero-order valence-corrected chi connectivity index (χ0v) is 12.1. The van der Waals surface area contributed by atoms with Crippen LogP contribution in [-0.2, 0) is 24.1 Å². The molecule has 2 aliphatic rings. The minimum absolute atomic E-state index is 0.109. The Kier molecular flexibility index (Phi) is 2.97. The van der Waals surface area contributed by atoms with Crippen molar-refractivity contribution in [3.63, 3.8) is 0 Å². The summed E-state index contributed by atoms with van der Waals surface area (Å²) in [7, 11) is 0. The fourth-order valence-corrected chi connectivity index (χ4v) is 3.31. The first-order valence-corrected chi connectivity index (χ1v) is 7.04. The largest absolute Gasteiger partial charge is 0.490 e. The van der Waals surface area contributed by atoms with E-state index in [1.807, 2.05) is 13.8 Å². The van der Waals surface area contributed by atoms with Crippen molar-refractivity contribution in [1.82, 2.24) is 0 Å². The van der Waals surface area contributed by atoms with Gasteiger partial charge in [0, 0.05) is 36.0 Å². The van der Waals surface area contributed by atoms with Crippen LogP contribution in [0.5, 0.6) is 11.5 Å². The molecule has 2 heterocycles. The van der Waals surface area contributed by atoms with E-state index in [2.05, 4.69) is 0 Å². The molecule has 2 unspecified atom stereocenters. The van der Waals surface area contributed by atoms with Crippen molar-refractivity contribution in [3.8, 4) is 11.5 Å². The first-order chi connectivity index (χ1) is 8.97. The third kappa shape index (κ3) is 2.00. The molecule has 0 radical (unpaired) electrons. The van der Waals surface area contributed by atoms with Crippen molar-refractivity contribution in [3.05, 3.63) is 21.7 Å². The van der Waals surface area contributed by atoms with Crippen LogP contribution in [0.4, 0.5) is 0 Å². The normalized spacial score (nSPS) is 23.6. The molecule has 0 saturated carbocycles. The van der Waals surface area contributed by atoms with E-state index in [0.29, 0.717) is 11.4 Å². The lowest BCUT2D eigenvalue weighted by Crippen LogP contribution is -2.09. The van der Waals surface area contributed by atoms with E-state index in [1.54, 1.807) is 6.92 Å². The van der Waals surface area contributed by atoms with Crippen LogP contribution in [0, 0.1) is 0 Å². The van der Waals surface area contributed by atoms with E-state index in [-0.39, 0.29) is 18.0 Å². The minimum atomic E-state index is 0.109. The fourth-order valence-electron chi connectivity index (χ4n) is 2.99. The zero-order valence-electron chi connectivity index (χ0n) is 11.4. The van der Waals surface area contributed by atoms with Gasteiger partial charge in [-0.2, -0.15) is 0 Å². The number of Topliss-reactive ketones (excluding diaryl/α,β-unsaturated/α-hetero) is 1. The average molecular weight is 281 g/mol. The standard InChI is InChI=1S/C15H17ClO3/c1-7(17)4-10-11-5-8(2)19-15(11)13(16)12-6-9(3)18-14(10)12/h8-9H,4-6H2,1-3H3. The molecule has 19 heavy (non-hydrogen) atoms. The van der Waals surface area contributed by atoms with Crippen molar-refractivity contribution < 1.29 is 14.3 Å². The van der Waals surface area contributed by atoms with Gasteiger partial charge in [0.05, 0.1) is 5.02 Å². The SMILES string of the molecule is CC(=O)Cc1c2c(c(Cl)c3c1OC(C)C3)OC(C)C2. The molecule has 0 fully saturated rings. The van der Waals surface area contributed by atoms with Gasteiger partial charge in [0.25, 0.3) is 0 Å². The number of carbonyl (C=O) groups excluding carboxylic acids is 1. The molecule has 3 nitrogen and oxygen atoms in total. The number of carbonyl (C=O) groups is 1. The van der Waals surface area contributed by atoms with Crippen LogP contribution in [0.3, 0.4) is 0 Å². The van der Waals surface area contributed by atoms with Gasteiger partial charge in [0.1, 0.15) is 29.5 Å².